The number of nitrogens with zero attached hydrogens (tertiary/aromatic N) is 1. The number of hydrogen-bond acceptors (Lipinski definition) is 2. The molecular weight excluding hydrogens is 260 g/mol. The molecule has 1 unspecified atom stereocenters. The molecule has 1 amide bonds. The van der Waals surface area contributed by atoms with Crippen molar-refractivity contribution in [2.75, 3.05) is 13.1 Å². The van der Waals surface area contributed by atoms with Crippen LogP contribution in [0.2, 0.25) is 0 Å². The number of amides is 1. The van der Waals surface area contributed by atoms with Crippen molar-refractivity contribution in [3.8, 4) is 0 Å². The van der Waals surface area contributed by atoms with Crippen LogP contribution >= 0.6 is 12.4 Å². The van der Waals surface area contributed by atoms with Crippen molar-refractivity contribution in [2.45, 2.75) is 32.7 Å². The highest BCUT2D eigenvalue weighted by atomic mass is 35.5. The number of aryl methyl sites for hydroxylation is 1. The Morgan fingerprint density at radius 3 is 2.42 bits per heavy atom. The van der Waals surface area contributed by atoms with Gasteiger partial charge in [-0.05, 0) is 38.2 Å². The SMILES string of the molecule is CCN(CC1CC1)C(=O)C(N)c1ccc(C)cc1.Cl. The second-order valence-corrected chi connectivity index (χ2v) is 5.21. The van der Waals surface area contributed by atoms with Gasteiger partial charge in [-0.1, -0.05) is 29.8 Å². The monoisotopic (exact) mass is 282 g/mol. The molecule has 0 spiro atoms. The van der Waals surface area contributed by atoms with Crippen molar-refractivity contribution in [1.82, 2.24) is 4.90 Å². The Kier molecular flexibility index (Phi) is 5.83. The van der Waals surface area contributed by atoms with Crippen molar-refractivity contribution >= 4 is 18.3 Å². The minimum Gasteiger partial charge on any atom is -0.341 e. The first-order valence-corrected chi connectivity index (χ1v) is 6.72. The Morgan fingerprint density at radius 1 is 1.37 bits per heavy atom. The predicted octanol–water partition coefficient (Wildman–Crippen LogP) is 2.68. The maximum Gasteiger partial charge on any atom is 0.244 e. The van der Waals surface area contributed by atoms with Crippen LogP contribution < -0.4 is 5.73 Å². The number of nitrogens with two attached hydrogens (primary N) is 1. The van der Waals surface area contributed by atoms with Crippen molar-refractivity contribution in [3.63, 3.8) is 0 Å². The van der Waals surface area contributed by atoms with E-state index >= 15 is 0 Å². The molecule has 1 aromatic carbocycles. The highest BCUT2D eigenvalue weighted by Gasteiger charge is 2.28. The van der Waals surface area contributed by atoms with Crippen LogP contribution in [-0.4, -0.2) is 23.9 Å². The first-order chi connectivity index (χ1) is 8.61. The van der Waals surface area contributed by atoms with E-state index in [0.717, 1.165) is 18.7 Å². The van der Waals surface area contributed by atoms with Gasteiger partial charge in [-0.25, -0.2) is 0 Å². The molecule has 0 aliphatic heterocycles. The Bertz CT molecular complexity index is 415. The summed E-state index contributed by atoms with van der Waals surface area (Å²) in [6.07, 6.45) is 2.51. The Hall–Kier alpha value is -1.06. The van der Waals surface area contributed by atoms with Gasteiger partial charge in [0.25, 0.3) is 0 Å². The van der Waals surface area contributed by atoms with Crippen molar-refractivity contribution < 1.29 is 4.79 Å². The zero-order chi connectivity index (χ0) is 13.1. The lowest BCUT2D eigenvalue weighted by molar-refractivity contribution is -0.132. The van der Waals surface area contributed by atoms with Crippen molar-refractivity contribution in [1.29, 1.82) is 0 Å². The smallest absolute Gasteiger partial charge is 0.244 e. The highest BCUT2D eigenvalue weighted by Crippen LogP contribution is 2.30. The summed E-state index contributed by atoms with van der Waals surface area (Å²) in [6.45, 7) is 5.66. The minimum atomic E-state index is -0.524. The third kappa shape index (κ3) is 4.22. The Labute approximate surface area is 121 Å². The summed E-state index contributed by atoms with van der Waals surface area (Å²) >= 11 is 0. The quantitative estimate of drug-likeness (QED) is 0.902. The van der Waals surface area contributed by atoms with E-state index in [1.165, 1.54) is 18.4 Å². The summed E-state index contributed by atoms with van der Waals surface area (Å²) in [7, 11) is 0. The van der Waals surface area contributed by atoms with Crippen LogP contribution in [0.1, 0.15) is 36.9 Å². The second-order valence-electron chi connectivity index (χ2n) is 5.21. The Morgan fingerprint density at radius 2 is 1.95 bits per heavy atom. The molecule has 1 fully saturated rings. The van der Waals surface area contributed by atoms with Crippen LogP contribution in [-0.2, 0) is 4.79 Å². The maximum absolute atomic E-state index is 12.3. The van der Waals surface area contributed by atoms with Crippen LogP contribution in [0.3, 0.4) is 0 Å². The molecule has 0 bridgehead atoms. The van der Waals surface area contributed by atoms with E-state index in [9.17, 15) is 4.79 Å². The van der Waals surface area contributed by atoms with Crippen LogP contribution in [0.15, 0.2) is 24.3 Å². The predicted molar refractivity (Wildman–Crippen MR) is 80.3 cm³/mol. The van der Waals surface area contributed by atoms with Crippen LogP contribution in [0.5, 0.6) is 0 Å². The average molecular weight is 283 g/mol. The molecule has 0 radical (unpaired) electrons. The summed E-state index contributed by atoms with van der Waals surface area (Å²) in [5.41, 5.74) is 8.16. The fraction of sp³-hybridized carbons (Fsp3) is 0.533. The second kappa shape index (κ2) is 6.92. The first kappa shape index (κ1) is 16.0. The number of hydrogen-bond donors (Lipinski definition) is 1. The molecule has 106 valence electrons. The fourth-order valence-electron chi connectivity index (χ4n) is 2.10. The van der Waals surface area contributed by atoms with E-state index in [2.05, 4.69) is 0 Å². The molecule has 1 aliphatic rings. The molecule has 2 N–H and O–H groups in total. The summed E-state index contributed by atoms with van der Waals surface area (Å²) in [6, 6.07) is 7.37. The summed E-state index contributed by atoms with van der Waals surface area (Å²) in [5.74, 6) is 0.757. The molecule has 1 saturated carbocycles. The molecule has 19 heavy (non-hydrogen) atoms. The number of likely N-dealkylation sites (N-methyl/N-ethyl adjacent to an activating group) is 1. The molecule has 2 rings (SSSR count). The van der Waals surface area contributed by atoms with E-state index < -0.39 is 6.04 Å². The van der Waals surface area contributed by atoms with Gasteiger partial charge in [0.2, 0.25) is 5.91 Å². The van der Waals surface area contributed by atoms with E-state index in [0.29, 0.717) is 5.92 Å². The minimum absolute atomic E-state index is 0. The Balaban J connectivity index is 0.00000180. The third-order valence-electron chi connectivity index (χ3n) is 3.57. The molecular formula is C15H23ClN2O. The fourth-order valence-corrected chi connectivity index (χ4v) is 2.10. The van der Waals surface area contributed by atoms with E-state index in [-0.39, 0.29) is 18.3 Å². The van der Waals surface area contributed by atoms with Gasteiger partial charge in [0.05, 0.1) is 0 Å². The largest absolute Gasteiger partial charge is 0.341 e. The number of carbonyl (C=O) groups is 1. The molecule has 1 aromatic rings. The number of halogens is 1. The van der Waals surface area contributed by atoms with E-state index in [4.69, 9.17) is 5.73 Å². The van der Waals surface area contributed by atoms with Gasteiger partial charge in [0, 0.05) is 13.1 Å². The van der Waals surface area contributed by atoms with E-state index in [1.54, 1.807) is 0 Å². The normalized spacial score (nSPS) is 15.5. The lowest BCUT2D eigenvalue weighted by atomic mass is 10.0. The molecule has 1 atom stereocenters. The van der Waals surface area contributed by atoms with Crippen LogP contribution in [0.4, 0.5) is 0 Å². The summed E-state index contributed by atoms with van der Waals surface area (Å²) in [4.78, 5) is 14.2. The van der Waals surface area contributed by atoms with Gasteiger partial charge >= 0.3 is 0 Å². The van der Waals surface area contributed by atoms with Gasteiger partial charge in [0.1, 0.15) is 6.04 Å². The van der Waals surface area contributed by atoms with Gasteiger partial charge in [-0.15, -0.1) is 12.4 Å². The molecule has 0 saturated heterocycles. The van der Waals surface area contributed by atoms with E-state index in [1.807, 2.05) is 43.0 Å². The third-order valence-corrected chi connectivity index (χ3v) is 3.57. The number of benzene rings is 1. The highest BCUT2D eigenvalue weighted by molar-refractivity contribution is 5.85. The molecule has 0 heterocycles. The molecule has 0 aromatic heterocycles. The van der Waals surface area contributed by atoms with Gasteiger partial charge in [0.15, 0.2) is 0 Å². The standard InChI is InChI=1S/C15H22N2O.ClH/c1-3-17(10-12-6-7-12)15(18)14(16)13-8-4-11(2)5-9-13;/h4-5,8-9,12,14H,3,6-7,10,16H2,1-2H3;1H. The van der Waals surface area contributed by atoms with Crippen LogP contribution in [0.25, 0.3) is 0 Å². The first-order valence-electron chi connectivity index (χ1n) is 6.72. The zero-order valence-electron chi connectivity index (χ0n) is 11.6. The summed E-state index contributed by atoms with van der Waals surface area (Å²) in [5, 5.41) is 0. The van der Waals surface area contributed by atoms with Gasteiger partial charge in [-0.3, -0.25) is 4.79 Å². The molecule has 4 heteroatoms. The lowest BCUT2D eigenvalue weighted by Crippen LogP contribution is -2.39. The summed E-state index contributed by atoms with van der Waals surface area (Å²) < 4.78 is 0. The molecule has 1 aliphatic carbocycles. The van der Waals surface area contributed by atoms with Crippen LogP contribution in [0, 0.1) is 12.8 Å². The van der Waals surface area contributed by atoms with Crippen molar-refractivity contribution in [2.24, 2.45) is 11.7 Å². The number of rotatable bonds is 5. The topological polar surface area (TPSA) is 46.3 Å². The zero-order valence-corrected chi connectivity index (χ0v) is 12.5. The van der Waals surface area contributed by atoms with Gasteiger partial charge in [-0.2, -0.15) is 0 Å². The van der Waals surface area contributed by atoms with Gasteiger partial charge < -0.3 is 10.6 Å². The molecule has 3 nitrogen and oxygen atoms in total. The van der Waals surface area contributed by atoms with Crippen molar-refractivity contribution in [3.05, 3.63) is 35.4 Å². The number of carbonyl (C=O) groups excluding carboxylic acids is 1. The lowest BCUT2D eigenvalue weighted by Gasteiger charge is -2.24. The average Bonchev–Trinajstić information content (AvgIpc) is 3.19. The maximum atomic E-state index is 12.3.